The van der Waals surface area contributed by atoms with Crippen molar-refractivity contribution in [2.45, 2.75) is 13.5 Å². The van der Waals surface area contributed by atoms with E-state index in [1.165, 1.54) is 11.6 Å². The Morgan fingerprint density at radius 2 is 1.92 bits per heavy atom. The Bertz CT molecular complexity index is 1040. The van der Waals surface area contributed by atoms with Crippen molar-refractivity contribution in [3.63, 3.8) is 0 Å². The number of anilines is 1. The number of hydrogen-bond donors (Lipinski definition) is 1. The number of carbonyl (C=O) groups excluding carboxylic acids is 1. The first-order valence-electron chi connectivity index (χ1n) is 7.36. The summed E-state index contributed by atoms with van der Waals surface area (Å²) in [5.74, 6) is 0.156. The van der Waals surface area contributed by atoms with Crippen LogP contribution < -0.4 is 16.6 Å². The zero-order valence-electron chi connectivity index (χ0n) is 13.6. The fourth-order valence-corrected chi connectivity index (χ4v) is 2.59. The Kier molecular flexibility index (Phi) is 3.80. The van der Waals surface area contributed by atoms with Gasteiger partial charge in [-0.05, 0) is 24.6 Å². The maximum atomic E-state index is 12.2. The SMILES string of the molecule is Cc1ccc(NC(=O)Cn2ccc3c(=O)n(C)c(=O)n(C)c32)nc1. The van der Waals surface area contributed by atoms with E-state index >= 15 is 0 Å². The molecule has 0 saturated carbocycles. The fourth-order valence-electron chi connectivity index (χ4n) is 2.59. The van der Waals surface area contributed by atoms with Crippen LogP contribution in [0.2, 0.25) is 0 Å². The number of aromatic nitrogens is 4. The molecule has 0 aliphatic carbocycles. The van der Waals surface area contributed by atoms with Gasteiger partial charge in [-0.25, -0.2) is 9.78 Å². The number of aryl methyl sites for hydroxylation is 2. The quantitative estimate of drug-likeness (QED) is 0.753. The predicted molar refractivity (Wildman–Crippen MR) is 90.0 cm³/mol. The summed E-state index contributed by atoms with van der Waals surface area (Å²) in [5, 5.41) is 3.08. The summed E-state index contributed by atoms with van der Waals surface area (Å²) in [5.41, 5.74) is 0.589. The molecule has 24 heavy (non-hydrogen) atoms. The first-order valence-corrected chi connectivity index (χ1v) is 7.36. The van der Waals surface area contributed by atoms with Gasteiger partial charge in [0.2, 0.25) is 5.91 Å². The van der Waals surface area contributed by atoms with E-state index in [1.54, 1.807) is 36.1 Å². The van der Waals surface area contributed by atoms with Gasteiger partial charge in [-0.2, -0.15) is 0 Å². The molecule has 0 aliphatic rings. The molecule has 0 atom stereocenters. The maximum Gasteiger partial charge on any atom is 0.332 e. The molecule has 124 valence electrons. The zero-order valence-corrected chi connectivity index (χ0v) is 13.6. The lowest BCUT2D eigenvalue weighted by atomic mass is 10.3. The molecule has 8 heteroatoms. The van der Waals surface area contributed by atoms with Crippen LogP contribution in [0.1, 0.15) is 5.56 Å². The average Bonchev–Trinajstić information content (AvgIpc) is 2.96. The van der Waals surface area contributed by atoms with Crippen LogP contribution in [0.5, 0.6) is 0 Å². The van der Waals surface area contributed by atoms with Crippen molar-refractivity contribution < 1.29 is 4.79 Å². The molecule has 0 aromatic carbocycles. The Morgan fingerprint density at radius 1 is 1.17 bits per heavy atom. The van der Waals surface area contributed by atoms with Gasteiger partial charge in [-0.15, -0.1) is 0 Å². The first kappa shape index (κ1) is 15.7. The second-order valence-electron chi connectivity index (χ2n) is 5.66. The second kappa shape index (κ2) is 5.80. The third-order valence-corrected chi connectivity index (χ3v) is 3.85. The van der Waals surface area contributed by atoms with Crippen molar-refractivity contribution in [2.75, 3.05) is 5.32 Å². The van der Waals surface area contributed by atoms with Crippen molar-refractivity contribution in [2.24, 2.45) is 14.1 Å². The van der Waals surface area contributed by atoms with Gasteiger partial charge in [0, 0.05) is 26.5 Å². The van der Waals surface area contributed by atoms with Crippen LogP contribution in [-0.2, 0) is 25.4 Å². The van der Waals surface area contributed by atoms with Crippen LogP contribution in [0.15, 0.2) is 40.2 Å². The molecule has 0 bridgehead atoms. The maximum absolute atomic E-state index is 12.2. The number of fused-ring (bicyclic) bond motifs is 1. The van der Waals surface area contributed by atoms with Crippen molar-refractivity contribution in [3.05, 3.63) is 57.0 Å². The summed E-state index contributed by atoms with van der Waals surface area (Å²) >= 11 is 0. The van der Waals surface area contributed by atoms with Crippen LogP contribution in [0.4, 0.5) is 5.82 Å². The number of carbonyl (C=O) groups is 1. The summed E-state index contributed by atoms with van der Waals surface area (Å²) in [6, 6.07) is 5.17. The van der Waals surface area contributed by atoms with Gasteiger partial charge in [-0.1, -0.05) is 6.07 Å². The minimum absolute atomic E-state index is 0.0283. The van der Waals surface area contributed by atoms with Gasteiger partial charge in [0.05, 0.1) is 5.39 Å². The lowest BCUT2D eigenvalue weighted by molar-refractivity contribution is -0.116. The topological polar surface area (TPSA) is 90.9 Å². The van der Waals surface area contributed by atoms with Gasteiger partial charge in [0.25, 0.3) is 5.56 Å². The van der Waals surface area contributed by atoms with Gasteiger partial charge >= 0.3 is 5.69 Å². The Morgan fingerprint density at radius 3 is 2.58 bits per heavy atom. The van der Waals surface area contributed by atoms with Crippen LogP contribution in [0.25, 0.3) is 11.0 Å². The molecule has 0 spiro atoms. The summed E-state index contributed by atoms with van der Waals surface area (Å²) in [6.07, 6.45) is 3.28. The highest BCUT2D eigenvalue weighted by Crippen LogP contribution is 2.10. The Balaban J connectivity index is 1.93. The molecule has 1 amide bonds. The summed E-state index contributed by atoms with van der Waals surface area (Å²) in [7, 11) is 3.00. The van der Waals surface area contributed by atoms with E-state index in [-0.39, 0.29) is 18.0 Å². The Labute approximate surface area is 137 Å². The second-order valence-corrected chi connectivity index (χ2v) is 5.66. The van der Waals surface area contributed by atoms with E-state index in [9.17, 15) is 14.4 Å². The molecule has 8 nitrogen and oxygen atoms in total. The normalized spacial score (nSPS) is 11.0. The average molecular weight is 327 g/mol. The zero-order chi connectivity index (χ0) is 17.4. The predicted octanol–water partition coefficient (Wildman–Crippen LogP) is 0.381. The number of hydrogen-bond acceptors (Lipinski definition) is 4. The number of nitrogens with one attached hydrogen (secondary N) is 1. The monoisotopic (exact) mass is 327 g/mol. The molecule has 3 aromatic rings. The van der Waals surface area contributed by atoms with E-state index in [2.05, 4.69) is 10.3 Å². The summed E-state index contributed by atoms with van der Waals surface area (Å²) in [6.45, 7) is 1.88. The highest BCUT2D eigenvalue weighted by molar-refractivity contribution is 5.90. The number of rotatable bonds is 3. The van der Waals surface area contributed by atoms with Gasteiger partial charge in [-0.3, -0.25) is 18.7 Å². The molecule has 3 aromatic heterocycles. The minimum atomic E-state index is -0.437. The summed E-state index contributed by atoms with van der Waals surface area (Å²) in [4.78, 5) is 40.5. The number of pyridine rings is 1. The lowest BCUT2D eigenvalue weighted by Crippen LogP contribution is -2.37. The highest BCUT2D eigenvalue weighted by Gasteiger charge is 2.14. The van der Waals surface area contributed by atoms with Gasteiger partial charge in [0.15, 0.2) is 0 Å². The van der Waals surface area contributed by atoms with Crippen molar-refractivity contribution in [1.29, 1.82) is 0 Å². The van der Waals surface area contributed by atoms with E-state index < -0.39 is 5.69 Å². The third-order valence-electron chi connectivity index (χ3n) is 3.85. The largest absolute Gasteiger partial charge is 0.332 e. The highest BCUT2D eigenvalue weighted by atomic mass is 16.2. The molecule has 0 unspecified atom stereocenters. The van der Waals surface area contributed by atoms with Crippen molar-refractivity contribution in [1.82, 2.24) is 18.7 Å². The van der Waals surface area contributed by atoms with Crippen LogP contribution in [-0.4, -0.2) is 24.6 Å². The molecule has 1 N–H and O–H groups in total. The van der Waals surface area contributed by atoms with Crippen LogP contribution in [0, 0.1) is 6.92 Å². The molecular weight excluding hydrogens is 310 g/mol. The van der Waals surface area contributed by atoms with Crippen molar-refractivity contribution >= 4 is 22.8 Å². The van der Waals surface area contributed by atoms with Gasteiger partial charge < -0.3 is 9.88 Å². The van der Waals surface area contributed by atoms with E-state index in [0.717, 1.165) is 10.1 Å². The van der Waals surface area contributed by atoms with E-state index in [1.807, 2.05) is 13.0 Å². The molecule has 0 radical (unpaired) electrons. The molecule has 3 rings (SSSR count). The standard InChI is InChI=1S/C16H17N5O3/c1-10-4-5-12(17-8-10)18-13(22)9-21-7-6-11-14(21)19(2)16(24)20(3)15(11)23/h4-8H,9H2,1-3H3,(H,17,18,22). The smallest absolute Gasteiger partial charge is 0.324 e. The van der Waals surface area contributed by atoms with Crippen molar-refractivity contribution in [3.8, 4) is 0 Å². The number of nitrogens with zero attached hydrogens (tertiary/aromatic N) is 4. The lowest BCUT2D eigenvalue weighted by Gasteiger charge is -2.10. The van der Waals surface area contributed by atoms with Gasteiger partial charge in [0.1, 0.15) is 18.0 Å². The first-order chi connectivity index (χ1) is 11.4. The third kappa shape index (κ3) is 2.62. The van der Waals surface area contributed by atoms with E-state index in [4.69, 9.17) is 0 Å². The minimum Gasteiger partial charge on any atom is -0.324 e. The van der Waals surface area contributed by atoms with Crippen LogP contribution in [0.3, 0.4) is 0 Å². The number of amides is 1. The Hall–Kier alpha value is -3.16. The molecular formula is C16H17N5O3. The van der Waals surface area contributed by atoms with E-state index in [0.29, 0.717) is 16.9 Å². The molecule has 0 fully saturated rings. The molecule has 0 saturated heterocycles. The fraction of sp³-hybridized carbons (Fsp3) is 0.250. The summed E-state index contributed by atoms with van der Waals surface area (Å²) < 4.78 is 3.97. The van der Waals surface area contributed by atoms with Crippen LogP contribution >= 0.6 is 0 Å². The molecule has 0 aliphatic heterocycles. The molecule has 3 heterocycles.